The lowest BCUT2D eigenvalue weighted by Gasteiger charge is -2.29. The van der Waals surface area contributed by atoms with Gasteiger partial charge >= 0.3 is 0 Å². The lowest BCUT2D eigenvalue weighted by atomic mass is 10.0. The second-order valence-corrected chi connectivity index (χ2v) is 5.18. The van der Waals surface area contributed by atoms with Gasteiger partial charge in [-0.2, -0.15) is 0 Å². The van der Waals surface area contributed by atoms with Gasteiger partial charge in [0, 0.05) is 0 Å². The van der Waals surface area contributed by atoms with E-state index in [0.717, 1.165) is 0 Å². The Labute approximate surface area is 76.0 Å². The molecular weight excluding hydrogens is 263 g/mol. The lowest BCUT2D eigenvalue weighted by Crippen LogP contribution is -3.03. The Morgan fingerprint density at radius 2 is 2.00 bits per heavy atom. The van der Waals surface area contributed by atoms with Crippen molar-refractivity contribution in [1.82, 2.24) is 0 Å². The standard InChI is InChI=1S/C5H14INP2/c1-3-5(2,4-6)7(8)9/h3-4,8-9H2,1-2H3/p+1. The van der Waals surface area contributed by atoms with Crippen LogP contribution < -0.4 is 4.44 Å². The van der Waals surface area contributed by atoms with Crippen LogP contribution in [0.2, 0.25) is 0 Å². The number of nitrogens with one attached hydrogen (secondary N) is 1. The van der Waals surface area contributed by atoms with Crippen LogP contribution in [0.5, 0.6) is 0 Å². The van der Waals surface area contributed by atoms with Gasteiger partial charge < -0.3 is 4.44 Å². The second-order valence-electron chi connectivity index (χ2n) is 2.50. The van der Waals surface area contributed by atoms with E-state index in [2.05, 4.69) is 55.2 Å². The van der Waals surface area contributed by atoms with E-state index in [1.165, 1.54) is 15.3 Å². The molecule has 0 amide bonds. The summed E-state index contributed by atoms with van der Waals surface area (Å²) < 4.78 is 2.59. The fourth-order valence-electron chi connectivity index (χ4n) is 0.376. The minimum Gasteiger partial charge on any atom is -0.311 e. The quantitative estimate of drug-likeness (QED) is 0.447. The van der Waals surface area contributed by atoms with Crippen molar-refractivity contribution in [2.45, 2.75) is 25.8 Å². The van der Waals surface area contributed by atoms with E-state index >= 15 is 0 Å². The van der Waals surface area contributed by atoms with Crippen LogP contribution in [0.4, 0.5) is 0 Å². The molecular formula is C5H15INP2+. The molecule has 9 heavy (non-hydrogen) atoms. The van der Waals surface area contributed by atoms with Crippen LogP contribution in [0.3, 0.4) is 0 Å². The first-order valence-electron chi connectivity index (χ1n) is 3.01. The van der Waals surface area contributed by atoms with Crippen LogP contribution in [-0.4, -0.2) is 9.97 Å². The van der Waals surface area contributed by atoms with E-state index in [-0.39, 0.29) is 0 Å². The summed E-state index contributed by atoms with van der Waals surface area (Å²) in [5.41, 5.74) is 0.413. The molecule has 56 valence electrons. The van der Waals surface area contributed by atoms with Crippen molar-refractivity contribution in [2.24, 2.45) is 0 Å². The van der Waals surface area contributed by atoms with Gasteiger partial charge in [-0.3, -0.25) is 0 Å². The molecule has 3 atom stereocenters. The molecule has 0 radical (unpaired) electrons. The van der Waals surface area contributed by atoms with Crippen LogP contribution in [0, 0.1) is 0 Å². The first-order chi connectivity index (χ1) is 4.06. The van der Waals surface area contributed by atoms with E-state index in [9.17, 15) is 0 Å². The summed E-state index contributed by atoms with van der Waals surface area (Å²) in [5.74, 6) is 0. The molecule has 0 rings (SSSR count). The molecule has 0 aromatic rings. The Morgan fingerprint density at radius 1 is 1.56 bits per heavy atom. The maximum Gasteiger partial charge on any atom is 0.105 e. The summed E-state index contributed by atoms with van der Waals surface area (Å²) in [6, 6.07) is 0. The highest BCUT2D eigenvalue weighted by molar-refractivity contribution is 14.1. The predicted octanol–water partition coefficient (Wildman–Crippen LogP) is 1.06. The van der Waals surface area contributed by atoms with Crippen molar-refractivity contribution >= 4 is 41.4 Å². The van der Waals surface area contributed by atoms with E-state index in [0.29, 0.717) is 5.54 Å². The van der Waals surface area contributed by atoms with Crippen molar-refractivity contribution in [1.29, 1.82) is 0 Å². The Morgan fingerprint density at radius 3 is 2.00 bits per heavy atom. The van der Waals surface area contributed by atoms with Crippen LogP contribution in [-0.2, 0) is 0 Å². The van der Waals surface area contributed by atoms with Gasteiger partial charge in [-0.1, -0.05) is 29.5 Å². The zero-order valence-electron chi connectivity index (χ0n) is 5.95. The largest absolute Gasteiger partial charge is 0.311 e. The van der Waals surface area contributed by atoms with E-state index in [1.807, 2.05) is 0 Å². The Hall–Kier alpha value is 1.55. The molecule has 0 spiro atoms. The average molecular weight is 278 g/mol. The number of hydrogen-bond acceptors (Lipinski definition) is 0. The Bertz CT molecular complexity index is 83.0. The highest BCUT2D eigenvalue weighted by Gasteiger charge is 2.26. The maximum atomic E-state index is 2.77. The van der Waals surface area contributed by atoms with Gasteiger partial charge in [0.15, 0.2) is 0 Å². The SMILES string of the molecule is CCC(C)(CI)[NH+](P)P. The monoisotopic (exact) mass is 278 g/mol. The molecule has 1 nitrogen and oxygen atoms in total. The molecule has 3 unspecified atom stereocenters. The summed E-state index contributed by atoms with van der Waals surface area (Å²) >= 11 is 2.43. The van der Waals surface area contributed by atoms with Gasteiger partial charge in [0.05, 0.1) is 23.2 Å². The molecule has 0 aliphatic rings. The molecule has 0 saturated carbocycles. The first kappa shape index (κ1) is 10.6. The van der Waals surface area contributed by atoms with Crippen molar-refractivity contribution < 1.29 is 4.44 Å². The number of rotatable bonds is 3. The summed E-state index contributed by atoms with van der Waals surface area (Å²) in [7, 11) is 5.53. The zero-order valence-corrected chi connectivity index (χ0v) is 10.4. The van der Waals surface area contributed by atoms with Crippen LogP contribution >= 0.6 is 41.4 Å². The van der Waals surface area contributed by atoms with Crippen molar-refractivity contribution in [3.8, 4) is 0 Å². The lowest BCUT2D eigenvalue weighted by molar-refractivity contribution is -0.672. The van der Waals surface area contributed by atoms with E-state index < -0.39 is 0 Å². The highest BCUT2D eigenvalue weighted by atomic mass is 127. The second kappa shape index (κ2) is 4.43. The van der Waals surface area contributed by atoms with Crippen molar-refractivity contribution in [2.75, 3.05) is 4.43 Å². The smallest absolute Gasteiger partial charge is 0.105 e. The zero-order chi connectivity index (χ0) is 7.49. The van der Waals surface area contributed by atoms with Crippen molar-refractivity contribution in [3.05, 3.63) is 0 Å². The summed E-state index contributed by atoms with van der Waals surface area (Å²) in [6.07, 6.45) is 1.22. The predicted molar refractivity (Wildman–Crippen MR) is 58.0 cm³/mol. The molecule has 4 heteroatoms. The van der Waals surface area contributed by atoms with Gasteiger partial charge in [0.25, 0.3) is 0 Å². The van der Waals surface area contributed by atoms with Crippen LogP contribution in [0.25, 0.3) is 0 Å². The van der Waals surface area contributed by atoms with Crippen molar-refractivity contribution in [3.63, 3.8) is 0 Å². The third-order valence-electron chi connectivity index (χ3n) is 1.77. The summed E-state index contributed by atoms with van der Waals surface area (Å²) in [6.45, 7) is 4.52. The fraction of sp³-hybridized carbons (Fsp3) is 1.00. The van der Waals surface area contributed by atoms with Gasteiger partial charge in [-0.25, -0.2) is 0 Å². The number of hydrogen-bond donors (Lipinski definition) is 1. The molecule has 0 aliphatic carbocycles. The maximum absolute atomic E-state index is 2.77. The molecule has 0 aromatic carbocycles. The normalized spacial score (nSPS) is 18.0. The molecule has 1 N–H and O–H groups in total. The Balaban J connectivity index is 3.92. The minimum absolute atomic E-state index is 0.413. The number of quaternary nitrogens is 1. The van der Waals surface area contributed by atoms with E-state index in [1.54, 1.807) is 0 Å². The first-order valence-corrected chi connectivity index (χ1v) is 5.69. The number of alkyl halides is 1. The summed E-state index contributed by atoms with van der Waals surface area (Å²) in [5, 5.41) is 0. The van der Waals surface area contributed by atoms with Crippen LogP contribution in [0.15, 0.2) is 0 Å². The van der Waals surface area contributed by atoms with Gasteiger partial charge in [-0.05, 0) is 13.3 Å². The number of halogens is 1. The minimum atomic E-state index is 0.413. The molecule has 0 fully saturated rings. The van der Waals surface area contributed by atoms with E-state index in [4.69, 9.17) is 0 Å². The van der Waals surface area contributed by atoms with Gasteiger partial charge in [0.2, 0.25) is 0 Å². The highest BCUT2D eigenvalue weighted by Crippen LogP contribution is 2.10. The topological polar surface area (TPSA) is 4.44 Å². The summed E-state index contributed by atoms with van der Waals surface area (Å²) in [4.78, 5) is 0. The fourth-order valence-corrected chi connectivity index (χ4v) is 2.80. The molecule has 0 aliphatic heterocycles. The molecule has 0 aromatic heterocycles. The molecule has 0 bridgehead atoms. The third kappa shape index (κ3) is 2.96. The molecule has 0 heterocycles. The third-order valence-corrected chi connectivity index (χ3v) is 4.85. The Kier molecular flexibility index (Phi) is 5.20. The van der Waals surface area contributed by atoms with Gasteiger partial charge in [-0.15, -0.1) is 0 Å². The van der Waals surface area contributed by atoms with Gasteiger partial charge in [0.1, 0.15) is 5.54 Å². The van der Waals surface area contributed by atoms with Crippen LogP contribution in [0.1, 0.15) is 20.3 Å². The molecule has 0 saturated heterocycles. The average Bonchev–Trinajstić information content (AvgIpc) is 1.86.